The van der Waals surface area contributed by atoms with Crippen molar-refractivity contribution in [1.82, 2.24) is 9.80 Å². The SMILES string of the molecule is O[C@H](COc1ccc(C(F)(F)F)cc1)CN1CCN(Cc2ccc(Cl)cc2)CC1. The van der Waals surface area contributed by atoms with Gasteiger partial charge >= 0.3 is 6.18 Å². The van der Waals surface area contributed by atoms with Crippen LogP contribution in [0.25, 0.3) is 0 Å². The predicted octanol–water partition coefficient (Wildman–Crippen LogP) is 3.92. The zero-order valence-electron chi connectivity index (χ0n) is 15.9. The molecule has 3 rings (SSSR count). The first-order chi connectivity index (χ1) is 13.8. The molecule has 0 saturated carbocycles. The fourth-order valence-corrected chi connectivity index (χ4v) is 3.39. The molecule has 1 aliphatic rings. The molecular formula is C21H24ClF3N2O2. The summed E-state index contributed by atoms with van der Waals surface area (Å²) in [5.41, 5.74) is 0.495. The van der Waals surface area contributed by atoms with Gasteiger partial charge in [-0.05, 0) is 42.0 Å². The highest BCUT2D eigenvalue weighted by atomic mass is 35.5. The molecule has 0 spiro atoms. The van der Waals surface area contributed by atoms with Crippen LogP contribution in [0.2, 0.25) is 5.02 Å². The van der Waals surface area contributed by atoms with Crippen LogP contribution >= 0.6 is 11.6 Å². The molecule has 1 aliphatic heterocycles. The molecule has 29 heavy (non-hydrogen) atoms. The number of benzene rings is 2. The van der Waals surface area contributed by atoms with Crippen molar-refractivity contribution >= 4 is 11.6 Å². The summed E-state index contributed by atoms with van der Waals surface area (Å²) in [6.45, 7) is 4.84. The minimum Gasteiger partial charge on any atom is -0.491 e. The fourth-order valence-electron chi connectivity index (χ4n) is 3.26. The van der Waals surface area contributed by atoms with Gasteiger partial charge in [0.15, 0.2) is 0 Å². The van der Waals surface area contributed by atoms with Gasteiger partial charge in [0.1, 0.15) is 18.5 Å². The lowest BCUT2D eigenvalue weighted by Crippen LogP contribution is -2.48. The molecule has 0 amide bonds. The first-order valence-corrected chi connectivity index (χ1v) is 9.85. The van der Waals surface area contributed by atoms with E-state index < -0.39 is 17.8 Å². The first kappa shape index (κ1) is 21.9. The Kier molecular flexibility index (Phi) is 7.40. The third-order valence-corrected chi connectivity index (χ3v) is 5.13. The van der Waals surface area contributed by atoms with E-state index in [0.29, 0.717) is 12.3 Å². The van der Waals surface area contributed by atoms with E-state index in [-0.39, 0.29) is 6.61 Å². The Morgan fingerprint density at radius 3 is 2.10 bits per heavy atom. The number of aliphatic hydroxyl groups is 1. The van der Waals surface area contributed by atoms with Crippen LogP contribution in [0.4, 0.5) is 13.2 Å². The van der Waals surface area contributed by atoms with E-state index in [1.165, 1.54) is 17.7 Å². The van der Waals surface area contributed by atoms with Gasteiger partial charge in [0.2, 0.25) is 0 Å². The molecule has 0 unspecified atom stereocenters. The van der Waals surface area contributed by atoms with Crippen LogP contribution in [-0.4, -0.2) is 60.3 Å². The highest BCUT2D eigenvalue weighted by Gasteiger charge is 2.30. The maximum Gasteiger partial charge on any atom is 0.416 e. The normalized spacial score (nSPS) is 17.3. The summed E-state index contributed by atoms with van der Waals surface area (Å²) in [6, 6.07) is 12.3. The second kappa shape index (κ2) is 9.80. The maximum absolute atomic E-state index is 12.6. The summed E-state index contributed by atoms with van der Waals surface area (Å²) in [5, 5.41) is 10.9. The molecule has 1 fully saturated rings. The summed E-state index contributed by atoms with van der Waals surface area (Å²) >= 11 is 5.91. The van der Waals surface area contributed by atoms with Gasteiger partial charge in [-0.25, -0.2) is 0 Å². The van der Waals surface area contributed by atoms with Crippen LogP contribution in [0.5, 0.6) is 5.75 Å². The van der Waals surface area contributed by atoms with Crippen molar-refractivity contribution < 1.29 is 23.0 Å². The molecular weight excluding hydrogens is 405 g/mol. The average molecular weight is 429 g/mol. The Morgan fingerprint density at radius 2 is 1.52 bits per heavy atom. The van der Waals surface area contributed by atoms with Crippen LogP contribution < -0.4 is 4.74 Å². The molecule has 4 nitrogen and oxygen atoms in total. The lowest BCUT2D eigenvalue weighted by Gasteiger charge is -2.35. The lowest BCUT2D eigenvalue weighted by atomic mass is 10.2. The second-order valence-corrected chi connectivity index (χ2v) is 7.63. The maximum atomic E-state index is 12.6. The summed E-state index contributed by atoms with van der Waals surface area (Å²) in [4.78, 5) is 4.52. The molecule has 0 aromatic heterocycles. The van der Waals surface area contributed by atoms with Crippen molar-refractivity contribution in [2.75, 3.05) is 39.3 Å². The Morgan fingerprint density at radius 1 is 0.931 bits per heavy atom. The standard InChI is InChI=1S/C21H24ClF3N2O2/c22-18-5-1-16(2-6-18)13-26-9-11-27(12-10-26)14-19(28)15-29-20-7-3-17(4-8-20)21(23,24)25/h1-8,19,28H,9-15H2/t19-/m0/s1. The summed E-state index contributed by atoms with van der Waals surface area (Å²) in [6.07, 6.45) is -5.08. The smallest absolute Gasteiger partial charge is 0.416 e. The molecule has 8 heteroatoms. The first-order valence-electron chi connectivity index (χ1n) is 9.47. The third kappa shape index (κ3) is 6.89. The van der Waals surface area contributed by atoms with Crippen molar-refractivity contribution in [3.63, 3.8) is 0 Å². The number of rotatable bonds is 7. The van der Waals surface area contributed by atoms with E-state index in [0.717, 1.165) is 49.9 Å². The van der Waals surface area contributed by atoms with Crippen molar-refractivity contribution in [3.8, 4) is 5.75 Å². The number of aliphatic hydroxyl groups excluding tert-OH is 1. The molecule has 1 atom stereocenters. The van der Waals surface area contributed by atoms with Crippen molar-refractivity contribution in [2.24, 2.45) is 0 Å². The van der Waals surface area contributed by atoms with Gasteiger partial charge < -0.3 is 9.84 Å². The molecule has 2 aromatic carbocycles. The van der Waals surface area contributed by atoms with Gasteiger partial charge in [-0.1, -0.05) is 23.7 Å². The Labute approximate surface area is 173 Å². The Bertz CT molecular complexity index is 761. The number of hydrogen-bond acceptors (Lipinski definition) is 4. The molecule has 0 bridgehead atoms. The largest absolute Gasteiger partial charge is 0.491 e. The van der Waals surface area contributed by atoms with Gasteiger partial charge in [0.05, 0.1) is 5.56 Å². The molecule has 0 aliphatic carbocycles. The average Bonchev–Trinajstić information content (AvgIpc) is 2.69. The van der Waals surface area contributed by atoms with Gasteiger partial charge in [0.25, 0.3) is 0 Å². The van der Waals surface area contributed by atoms with Crippen LogP contribution in [0.1, 0.15) is 11.1 Å². The zero-order chi connectivity index (χ0) is 20.9. The molecule has 1 saturated heterocycles. The van der Waals surface area contributed by atoms with Gasteiger partial charge in [-0.2, -0.15) is 13.2 Å². The van der Waals surface area contributed by atoms with Crippen molar-refractivity contribution in [1.29, 1.82) is 0 Å². The van der Waals surface area contributed by atoms with Crippen molar-refractivity contribution in [3.05, 3.63) is 64.7 Å². The zero-order valence-corrected chi connectivity index (χ0v) is 16.7. The number of β-amino-alcohol motifs (C(OH)–C–C–N with tert-alkyl or cyclic N) is 1. The predicted molar refractivity (Wildman–Crippen MR) is 106 cm³/mol. The van der Waals surface area contributed by atoms with Crippen LogP contribution in [-0.2, 0) is 12.7 Å². The third-order valence-electron chi connectivity index (χ3n) is 4.88. The molecule has 1 N–H and O–H groups in total. The molecule has 0 radical (unpaired) electrons. The summed E-state index contributed by atoms with van der Waals surface area (Å²) in [5.74, 6) is 0.310. The van der Waals surface area contributed by atoms with Gasteiger partial charge in [-0.3, -0.25) is 9.80 Å². The number of nitrogens with zero attached hydrogens (tertiary/aromatic N) is 2. The molecule has 2 aromatic rings. The number of halogens is 4. The van der Waals surface area contributed by atoms with Gasteiger partial charge in [0, 0.05) is 44.3 Å². The topological polar surface area (TPSA) is 35.9 Å². The number of alkyl halides is 3. The van der Waals surface area contributed by atoms with E-state index in [9.17, 15) is 18.3 Å². The van der Waals surface area contributed by atoms with Crippen LogP contribution in [0.3, 0.4) is 0 Å². The Balaban J connectivity index is 1.37. The number of ether oxygens (including phenoxy) is 1. The van der Waals surface area contributed by atoms with E-state index in [1.807, 2.05) is 24.3 Å². The minimum atomic E-state index is -4.37. The molecule has 1 heterocycles. The second-order valence-electron chi connectivity index (χ2n) is 7.19. The highest BCUT2D eigenvalue weighted by Crippen LogP contribution is 2.30. The summed E-state index contributed by atoms with van der Waals surface area (Å²) < 4.78 is 43.1. The van der Waals surface area contributed by atoms with Crippen molar-refractivity contribution in [2.45, 2.75) is 18.8 Å². The monoisotopic (exact) mass is 428 g/mol. The highest BCUT2D eigenvalue weighted by molar-refractivity contribution is 6.30. The summed E-state index contributed by atoms with van der Waals surface area (Å²) in [7, 11) is 0. The number of hydrogen-bond donors (Lipinski definition) is 1. The molecule has 158 valence electrons. The minimum absolute atomic E-state index is 0.0380. The van der Waals surface area contributed by atoms with Gasteiger partial charge in [-0.15, -0.1) is 0 Å². The van der Waals surface area contributed by atoms with E-state index in [2.05, 4.69) is 9.80 Å². The quantitative estimate of drug-likeness (QED) is 0.725. The lowest BCUT2D eigenvalue weighted by molar-refractivity contribution is -0.137. The Hall–Kier alpha value is -1.80. The van der Waals surface area contributed by atoms with E-state index in [4.69, 9.17) is 16.3 Å². The van der Waals surface area contributed by atoms with Crippen LogP contribution in [0, 0.1) is 0 Å². The van der Waals surface area contributed by atoms with E-state index >= 15 is 0 Å². The van der Waals surface area contributed by atoms with Crippen LogP contribution in [0.15, 0.2) is 48.5 Å². The fraction of sp³-hybridized carbons (Fsp3) is 0.429. The number of piperazine rings is 1. The van der Waals surface area contributed by atoms with E-state index in [1.54, 1.807) is 0 Å².